The zero-order valence-corrected chi connectivity index (χ0v) is 24.9. The molecule has 0 aliphatic carbocycles. The number of nitrogens with zero attached hydrogens (tertiary/aromatic N) is 1. The number of hydrogen-bond acceptors (Lipinski definition) is 8. The molecular formula is C30H33N3O5S2. The first kappa shape index (κ1) is 28.0. The van der Waals surface area contributed by atoms with Crippen LogP contribution >= 0.6 is 11.8 Å². The summed E-state index contributed by atoms with van der Waals surface area (Å²) >= 11 is 1.62. The van der Waals surface area contributed by atoms with Crippen LogP contribution in [0, 0.1) is 0 Å². The highest BCUT2D eigenvalue weighted by atomic mass is 32.2. The summed E-state index contributed by atoms with van der Waals surface area (Å²) < 4.78 is 40.5. The lowest BCUT2D eigenvalue weighted by Crippen LogP contribution is -2.32. The maximum Gasteiger partial charge on any atom is 0.283 e. The van der Waals surface area contributed by atoms with Gasteiger partial charge >= 0.3 is 0 Å². The number of thioether (sulfide) groups is 1. The molecule has 3 aromatic rings. The van der Waals surface area contributed by atoms with Gasteiger partial charge in [-0.15, -0.1) is 0 Å². The number of allylic oxidation sites excluding steroid dienone is 3. The molecule has 0 atom stereocenters. The van der Waals surface area contributed by atoms with Gasteiger partial charge in [0.25, 0.3) is 15.9 Å². The predicted molar refractivity (Wildman–Crippen MR) is 159 cm³/mol. The third kappa shape index (κ3) is 5.06. The summed E-state index contributed by atoms with van der Waals surface area (Å²) in [6.45, 7) is 7.97. The largest absolute Gasteiger partial charge is 0.495 e. The van der Waals surface area contributed by atoms with Crippen LogP contribution < -0.4 is 19.9 Å². The lowest BCUT2D eigenvalue weighted by atomic mass is 9.93. The molecule has 0 saturated carbocycles. The molecule has 1 amide bonds. The molecule has 210 valence electrons. The topological polar surface area (TPSA) is 121 Å². The van der Waals surface area contributed by atoms with Crippen molar-refractivity contribution in [2.75, 3.05) is 7.11 Å². The maximum atomic E-state index is 13.5. The van der Waals surface area contributed by atoms with Gasteiger partial charge < -0.3 is 15.2 Å². The minimum atomic E-state index is -4.35. The molecular weight excluding hydrogens is 546 g/mol. The second-order valence-corrected chi connectivity index (χ2v) is 13.2. The summed E-state index contributed by atoms with van der Waals surface area (Å²) in [4.78, 5) is 18.8. The number of ether oxygens (including phenoxy) is 2. The van der Waals surface area contributed by atoms with E-state index in [1.807, 2.05) is 32.0 Å². The summed E-state index contributed by atoms with van der Waals surface area (Å²) in [6.07, 6.45) is 3.03. The summed E-state index contributed by atoms with van der Waals surface area (Å²) in [5.74, 6) is -0.540. The molecule has 40 heavy (non-hydrogen) atoms. The van der Waals surface area contributed by atoms with Crippen molar-refractivity contribution >= 4 is 44.2 Å². The molecule has 2 aliphatic heterocycles. The molecule has 0 spiro atoms. The van der Waals surface area contributed by atoms with Crippen LogP contribution in [0.3, 0.4) is 0 Å². The number of fused-ring (bicyclic) bond motifs is 2. The van der Waals surface area contributed by atoms with E-state index >= 15 is 0 Å². The van der Waals surface area contributed by atoms with Gasteiger partial charge in [0, 0.05) is 11.8 Å². The Morgan fingerprint density at radius 1 is 1.15 bits per heavy atom. The lowest BCUT2D eigenvalue weighted by molar-refractivity contribution is 0.0977. The van der Waals surface area contributed by atoms with Crippen molar-refractivity contribution in [2.45, 2.75) is 63.9 Å². The SMILES string of the molecule is CCC1=C(N)SC(CC)=C(c2cccc3nc(C(=O)NS(=O)(=O)c4c(OC)ccc5c4OC(C)(C)C5)ccc23)C1. The number of nitrogens with two attached hydrogens (primary N) is 1. The van der Waals surface area contributed by atoms with Crippen LogP contribution in [-0.4, -0.2) is 32.0 Å². The zero-order valence-electron chi connectivity index (χ0n) is 23.3. The number of rotatable bonds is 7. The second kappa shape index (κ2) is 10.5. The van der Waals surface area contributed by atoms with Crippen molar-refractivity contribution in [2.24, 2.45) is 5.73 Å². The number of amides is 1. The number of carbonyl (C=O) groups excluding carboxylic acids is 1. The Bertz CT molecular complexity index is 1710. The van der Waals surface area contributed by atoms with Gasteiger partial charge in [0.1, 0.15) is 22.8 Å². The number of nitrogens with one attached hydrogen (secondary N) is 1. The van der Waals surface area contributed by atoms with Crippen molar-refractivity contribution in [3.63, 3.8) is 0 Å². The average molecular weight is 580 g/mol. The number of pyridine rings is 1. The van der Waals surface area contributed by atoms with E-state index in [1.165, 1.54) is 23.2 Å². The van der Waals surface area contributed by atoms with Crippen LogP contribution in [-0.2, 0) is 16.4 Å². The number of aromatic nitrogens is 1. The molecule has 0 bridgehead atoms. The van der Waals surface area contributed by atoms with E-state index in [4.69, 9.17) is 15.2 Å². The van der Waals surface area contributed by atoms with Gasteiger partial charge in [-0.1, -0.05) is 43.8 Å². The normalized spacial score (nSPS) is 16.6. The highest BCUT2D eigenvalue weighted by molar-refractivity contribution is 8.06. The molecule has 5 rings (SSSR count). The first-order chi connectivity index (χ1) is 19.0. The van der Waals surface area contributed by atoms with E-state index in [1.54, 1.807) is 30.0 Å². The minimum absolute atomic E-state index is 0.0119. The van der Waals surface area contributed by atoms with Crippen molar-refractivity contribution < 1.29 is 22.7 Å². The molecule has 1 aromatic heterocycles. The smallest absolute Gasteiger partial charge is 0.283 e. The monoisotopic (exact) mass is 579 g/mol. The Labute approximate surface area is 239 Å². The fourth-order valence-corrected chi connectivity index (χ4v) is 7.65. The van der Waals surface area contributed by atoms with Crippen LogP contribution in [0.5, 0.6) is 11.5 Å². The summed E-state index contributed by atoms with van der Waals surface area (Å²) in [5.41, 5.74) is 10.5. The number of carbonyl (C=O) groups is 1. The first-order valence-corrected chi connectivity index (χ1v) is 15.5. The molecule has 2 aromatic carbocycles. The average Bonchev–Trinajstić information content (AvgIpc) is 3.24. The first-order valence-electron chi connectivity index (χ1n) is 13.2. The number of hydrogen-bond donors (Lipinski definition) is 2. The standard InChI is InChI=1S/C30H33N3O5S2/c1-6-17-15-21(25(7-2)39-28(17)31)19-9-8-10-22-20(19)12-13-23(32-22)29(34)33-40(35,36)27-24(37-5)14-11-18-16-30(3,4)38-26(18)27/h8-14H,6-7,15-16,31H2,1-5H3,(H,33,34). The van der Waals surface area contributed by atoms with Crippen LogP contribution in [0.4, 0.5) is 0 Å². The second-order valence-electron chi connectivity index (χ2n) is 10.5. The highest BCUT2D eigenvalue weighted by Crippen LogP contribution is 2.45. The fraction of sp³-hybridized carbons (Fsp3) is 0.333. The van der Waals surface area contributed by atoms with Gasteiger partial charge in [0.15, 0.2) is 4.90 Å². The van der Waals surface area contributed by atoms with Crippen molar-refractivity contribution in [1.82, 2.24) is 9.71 Å². The highest BCUT2D eigenvalue weighted by Gasteiger charge is 2.38. The third-order valence-corrected chi connectivity index (χ3v) is 9.88. The van der Waals surface area contributed by atoms with Crippen LogP contribution in [0.2, 0.25) is 0 Å². The molecule has 0 unspecified atom stereocenters. The molecule has 3 N–H and O–H groups in total. The van der Waals surface area contributed by atoms with Gasteiger partial charge in [-0.3, -0.25) is 4.79 Å². The van der Waals surface area contributed by atoms with E-state index in [0.717, 1.165) is 40.8 Å². The number of methoxy groups -OCH3 is 1. The Morgan fingerprint density at radius 3 is 2.62 bits per heavy atom. The van der Waals surface area contributed by atoms with E-state index in [-0.39, 0.29) is 22.1 Å². The van der Waals surface area contributed by atoms with Crippen LogP contribution in [0.25, 0.3) is 16.5 Å². The van der Waals surface area contributed by atoms with E-state index in [9.17, 15) is 13.2 Å². The molecule has 8 nitrogen and oxygen atoms in total. The van der Waals surface area contributed by atoms with Crippen molar-refractivity contribution in [3.8, 4) is 11.5 Å². The molecule has 0 fully saturated rings. The van der Waals surface area contributed by atoms with Gasteiger partial charge in [0.05, 0.1) is 17.7 Å². The molecule has 0 saturated heterocycles. The third-order valence-electron chi connectivity index (χ3n) is 7.21. The molecule has 0 radical (unpaired) electrons. The van der Waals surface area contributed by atoms with E-state index in [0.29, 0.717) is 11.9 Å². The Kier molecular flexibility index (Phi) is 7.35. The summed E-state index contributed by atoms with van der Waals surface area (Å²) in [7, 11) is -2.97. The molecule has 3 heterocycles. The van der Waals surface area contributed by atoms with Crippen LogP contribution in [0.1, 0.15) is 68.6 Å². The fourth-order valence-electron chi connectivity index (χ4n) is 5.29. The minimum Gasteiger partial charge on any atom is -0.495 e. The van der Waals surface area contributed by atoms with Gasteiger partial charge in [-0.05, 0) is 84.6 Å². The van der Waals surface area contributed by atoms with Gasteiger partial charge in [-0.25, -0.2) is 18.1 Å². The van der Waals surface area contributed by atoms with E-state index in [2.05, 4.69) is 29.6 Å². The predicted octanol–water partition coefficient (Wildman–Crippen LogP) is 5.91. The van der Waals surface area contributed by atoms with Gasteiger partial charge in [0.2, 0.25) is 0 Å². The number of sulfonamides is 1. The van der Waals surface area contributed by atoms with Crippen molar-refractivity contribution in [3.05, 3.63) is 74.8 Å². The van der Waals surface area contributed by atoms with Crippen molar-refractivity contribution in [1.29, 1.82) is 0 Å². The summed E-state index contributed by atoms with van der Waals surface area (Å²) in [6, 6.07) is 12.5. The lowest BCUT2D eigenvalue weighted by Gasteiger charge is -2.23. The van der Waals surface area contributed by atoms with E-state index < -0.39 is 21.5 Å². The van der Waals surface area contributed by atoms with Gasteiger partial charge in [-0.2, -0.15) is 0 Å². The Balaban J connectivity index is 1.49. The van der Waals surface area contributed by atoms with Crippen LogP contribution in [0.15, 0.2) is 62.9 Å². The number of benzene rings is 2. The quantitative estimate of drug-likeness (QED) is 0.354. The Hall–Kier alpha value is -3.50. The molecule has 2 aliphatic rings. The molecule has 10 heteroatoms. The summed E-state index contributed by atoms with van der Waals surface area (Å²) in [5, 5.41) is 1.76. The zero-order chi connectivity index (χ0) is 28.8. The Morgan fingerprint density at radius 2 is 1.93 bits per heavy atom. The maximum absolute atomic E-state index is 13.5.